The molecule has 0 saturated heterocycles. The van der Waals surface area contributed by atoms with Crippen molar-refractivity contribution in [3.05, 3.63) is 59.9 Å². The second-order valence-electron chi connectivity index (χ2n) is 4.49. The van der Waals surface area contributed by atoms with Crippen molar-refractivity contribution in [1.29, 1.82) is 0 Å². The van der Waals surface area contributed by atoms with Gasteiger partial charge in [0.15, 0.2) is 0 Å². The van der Waals surface area contributed by atoms with Crippen LogP contribution in [0.5, 0.6) is 0 Å². The number of amides is 2. The van der Waals surface area contributed by atoms with Crippen molar-refractivity contribution in [3.63, 3.8) is 0 Å². The second kappa shape index (κ2) is 4.14. The van der Waals surface area contributed by atoms with Crippen LogP contribution in [0.15, 0.2) is 53.4 Å². The highest BCUT2D eigenvalue weighted by molar-refractivity contribution is 6.34. The summed E-state index contributed by atoms with van der Waals surface area (Å²) in [6, 6.07) is 10.2. The number of benzene rings is 1. The van der Waals surface area contributed by atoms with Crippen LogP contribution in [0.1, 0.15) is 20.7 Å². The molecule has 1 aliphatic heterocycles. The molecule has 7 nitrogen and oxygen atoms in total. The number of nitrogens with zero attached hydrogens (tertiary/aromatic N) is 4. The third kappa shape index (κ3) is 1.54. The molecule has 7 heteroatoms. The highest BCUT2D eigenvalue weighted by Gasteiger charge is 2.40. The first kappa shape index (κ1) is 11.6. The fraction of sp³-hybridized carbons (Fsp3) is 0. The molecule has 0 radical (unpaired) electrons. The molecular weight excluding hydrogens is 272 g/mol. The van der Waals surface area contributed by atoms with Crippen LogP contribution in [0.4, 0.5) is 5.82 Å². The van der Waals surface area contributed by atoms with Gasteiger partial charge in [-0.2, -0.15) is 0 Å². The summed E-state index contributed by atoms with van der Waals surface area (Å²) in [5, 5.41) is 7.48. The minimum Gasteiger partial charge on any atom is -0.303 e. The maximum absolute atomic E-state index is 12.4. The topological polar surface area (TPSA) is 81.2 Å². The number of fused-ring (bicyclic) bond motifs is 1. The summed E-state index contributed by atoms with van der Waals surface area (Å²) in [6.07, 6.45) is 3.45. The molecule has 0 aliphatic carbocycles. The van der Waals surface area contributed by atoms with Gasteiger partial charge < -0.3 is 4.57 Å². The van der Waals surface area contributed by atoms with Gasteiger partial charge in [-0.3, -0.25) is 9.59 Å². The molecule has 0 N–H and O–H groups in total. The zero-order valence-corrected chi connectivity index (χ0v) is 10.6. The van der Waals surface area contributed by atoms with Crippen molar-refractivity contribution in [2.75, 3.05) is 4.90 Å². The van der Waals surface area contributed by atoms with Gasteiger partial charge in [0.25, 0.3) is 11.8 Å². The van der Waals surface area contributed by atoms with Crippen molar-refractivity contribution in [1.82, 2.24) is 14.9 Å². The quantitative estimate of drug-likeness (QED) is 0.667. The van der Waals surface area contributed by atoms with Gasteiger partial charge >= 0.3 is 0 Å². The van der Waals surface area contributed by atoms with Crippen molar-refractivity contribution >= 4 is 17.6 Å². The molecule has 3 aromatic rings. The molecule has 1 aliphatic rings. The Morgan fingerprint density at radius 2 is 1.38 bits per heavy atom. The summed E-state index contributed by atoms with van der Waals surface area (Å²) in [6.45, 7) is 0. The second-order valence-corrected chi connectivity index (χ2v) is 4.49. The molecule has 0 fully saturated rings. The van der Waals surface area contributed by atoms with Crippen LogP contribution in [-0.4, -0.2) is 26.7 Å². The minimum atomic E-state index is -0.431. The van der Waals surface area contributed by atoms with E-state index < -0.39 is 11.8 Å². The van der Waals surface area contributed by atoms with E-state index in [1.807, 2.05) is 0 Å². The Bertz CT molecular complexity index is 816. The van der Waals surface area contributed by atoms with E-state index in [0.717, 1.165) is 4.90 Å². The number of carbonyl (C=O) groups is 2. The van der Waals surface area contributed by atoms with E-state index in [4.69, 9.17) is 4.63 Å². The van der Waals surface area contributed by atoms with E-state index in [0.29, 0.717) is 11.1 Å². The largest absolute Gasteiger partial charge is 0.303 e. The Morgan fingerprint density at radius 1 is 0.810 bits per heavy atom. The Morgan fingerprint density at radius 3 is 2.00 bits per heavy atom. The third-order valence-corrected chi connectivity index (χ3v) is 3.31. The number of carbonyl (C=O) groups excluding carboxylic acids is 2. The average molecular weight is 280 g/mol. The van der Waals surface area contributed by atoms with Crippen LogP contribution in [0, 0.1) is 0 Å². The van der Waals surface area contributed by atoms with Gasteiger partial charge in [-0.15, -0.1) is 0 Å². The third-order valence-electron chi connectivity index (χ3n) is 3.31. The molecule has 3 heterocycles. The number of imide groups is 1. The molecule has 0 atom stereocenters. The minimum absolute atomic E-state index is 0.0809. The standard InChI is InChI=1S/C14H8N4O3/c19-13-9-5-1-2-6-10(9)14(20)18(13)12-11(15-21-16-12)17-7-3-4-8-17/h1-8H. The van der Waals surface area contributed by atoms with Crippen molar-refractivity contribution < 1.29 is 14.2 Å². The van der Waals surface area contributed by atoms with E-state index in [1.54, 1.807) is 53.4 Å². The first-order chi connectivity index (χ1) is 10.3. The lowest BCUT2D eigenvalue weighted by Gasteiger charge is -2.10. The first-order valence-corrected chi connectivity index (χ1v) is 6.21. The summed E-state index contributed by atoms with van der Waals surface area (Å²) >= 11 is 0. The molecular formula is C14H8N4O3. The summed E-state index contributed by atoms with van der Waals surface area (Å²) < 4.78 is 6.33. The number of hydrogen-bond donors (Lipinski definition) is 0. The van der Waals surface area contributed by atoms with Crippen LogP contribution in [0.2, 0.25) is 0 Å². The Hall–Kier alpha value is -3.22. The van der Waals surface area contributed by atoms with Gasteiger partial charge in [-0.25, -0.2) is 9.53 Å². The van der Waals surface area contributed by atoms with Crippen LogP contribution < -0.4 is 4.90 Å². The lowest BCUT2D eigenvalue weighted by Crippen LogP contribution is -2.30. The Kier molecular flexibility index (Phi) is 2.28. The SMILES string of the molecule is O=C1c2ccccc2C(=O)N1c1nonc1-n1cccc1. The maximum atomic E-state index is 12.4. The average Bonchev–Trinajstić information content (AvgIpc) is 3.21. The number of hydrogen-bond acceptors (Lipinski definition) is 5. The molecule has 1 aromatic carbocycles. The fourth-order valence-electron chi connectivity index (χ4n) is 2.34. The molecule has 2 amide bonds. The van der Waals surface area contributed by atoms with Crippen molar-refractivity contribution in [3.8, 4) is 5.82 Å². The monoisotopic (exact) mass is 280 g/mol. The molecule has 0 spiro atoms. The predicted molar refractivity (Wildman–Crippen MR) is 71.2 cm³/mol. The molecule has 0 bridgehead atoms. The highest BCUT2D eigenvalue weighted by Crippen LogP contribution is 2.30. The maximum Gasteiger partial charge on any atom is 0.267 e. The van der Waals surface area contributed by atoms with Crippen LogP contribution in [0.3, 0.4) is 0 Å². The van der Waals surface area contributed by atoms with Gasteiger partial charge in [0, 0.05) is 12.4 Å². The first-order valence-electron chi connectivity index (χ1n) is 6.21. The predicted octanol–water partition coefficient (Wildman–Crippen LogP) is 1.66. The van der Waals surface area contributed by atoms with Crippen LogP contribution >= 0.6 is 0 Å². The van der Waals surface area contributed by atoms with Crippen molar-refractivity contribution in [2.45, 2.75) is 0 Å². The smallest absolute Gasteiger partial charge is 0.267 e. The van der Waals surface area contributed by atoms with Gasteiger partial charge in [0.05, 0.1) is 11.1 Å². The lowest BCUT2D eigenvalue weighted by atomic mass is 10.1. The van der Waals surface area contributed by atoms with E-state index in [1.165, 1.54) is 0 Å². The molecule has 4 rings (SSSR count). The Labute approximate surface area is 118 Å². The van der Waals surface area contributed by atoms with Gasteiger partial charge in [-0.1, -0.05) is 12.1 Å². The van der Waals surface area contributed by atoms with Crippen LogP contribution in [-0.2, 0) is 0 Å². The normalized spacial score (nSPS) is 13.8. The van der Waals surface area contributed by atoms with Crippen LogP contribution in [0.25, 0.3) is 5.82 Å². The fourth-order valence-corrected chi connectivity index (χ4v) is 2.34. The lowest BCUT2D eigenvalue weighted by molar-refractivity contribution is 0.0923. The van der Waals surface area contributed by atoms with E-state index >= 15 is 0 Å². The molecule has 102 valence electrons. The molecule has 0 unspecified atom stereocenters. The van der Waals surface area contributed by atoms with E-state index in [9.17, 15) is 9.59 Å². The zero-order valence-electron chi connectivity index (χ0n) is 10.6. The van der Waals surface area contributed by atoms with E-state index in [2.05, 4.69) is 10.3 Å². The zero-order chi connectivity index (χ0) is 14.4. The van der Waals surface area contributed by atoms with Gasteiger partial charge in [0.2, 0.25) is 11.6 Å². The summed E-state index contributed by atoms with van der Waals surface area (Å²) in [7, 11) is 0. The summed E-state index contributed by atoms with van der Waals surface area (Å²) in [5.74, 6) is -0.494. The van der Waals surface area contributed by atoms with Gasteiger partial charge in [0.1, 0.15) is 0 Å². The number of rotatable bonds is 2. The van der Waals surface area contributed by atoms with Crippen molar-refractivity contribution in [2.24, 2.45) is 0 Å². The highest BCUT2D eigenvalue weighted by atomic mass is 16.6. The number of aromatic nitrogens is 3. The van der Waals surface area contributed by atoms with Gasteiger partial charge in [-0.05, 0) is 34.6 Å². The molecule has 21 heavy (non-hydrogen) atoms. The molecule has 0 saturated carbocycles. The molecule has 2 aromatic heterocycles. The number of anilines is 1. The Balaban J connectivity index is 1.85. The summed E-state index contributed by atoms with van der Waals surface area (Å²) in [4.78, 5) is 25.8. The summed E-state index contributed by atoms with van der Waals surface area (Å²) in [5.41, 5.74) is 0.702. The van der Waals surface area contributed by atoms with E-state index in [-0.39, 0.29) is 11.6 Å².